The van der Waals surface area contributed by atoms with Crippen LogP contribution in [0, 0.1) is 0 Å². The molecular formula is C13H20N2O4S. The highest BCUT2D eigenvalue weighted by atomic mass is 32.2. The second-order valence-corrected chi connectivity index (χ2v) is 6.94. The van der Waals surface area contributed by atoms with Gasteiger partial charge in [-0.25, -0.2) is 8.42 Å². The summed E-state index contributed by atoms with van der Waals surface area (Å²) >= 11 is 0. The van der Waals surface area contributed by atoms with E-state index in [9.17, 15) is 13.2 Å². The first-order valence-electron chi connectivity index (χ1n) is 6.26. The average molecular weight is 300 g/mol. The first-order chi connectivity index (χ1) is 9.31. The van der Waals surface area contributed by atoms with E-state index in [-0.39, 0.29) is 18.8 Å². The zero-order chi connectivity index (χ0) is 15.2. The van der Waals surface area contributed by atoms with Gasteiger partial charge in [-0.3, -0.25) is 4.79 Å². The summed E-state index contributed by atoms with van der Waals surface area (Å²) in [6, 6.07) is 6.17. The van der Waals surface area contributed by atoms with Crippen LogP contribution in [0.25, 0.3) is 0 Å². The molecule has 4 N–H and O–H groups in total. The van der Waals surface area contributed by atoms with Crippen molar-refractivity contribution in [3.05, 3.63) is 29.8 Å². The molecule has 0 radical (unpaired) electrons. The van der Waals surface area contributed by atoms with Gasteiger partial charge in [0.05, 0.1) is 11.8 Å². The van der Waals surface area contributed by atoms with E-state index in [4.69, 9.17) is 10.8 Å². The molecule has 1 aromatic rings. The van der Waals surface area contributed by atoms with Gasteiger partial charge in [0, 0.05) is 18.6 Å². The molecule has 0 bridgehead atoms. The fourth-order valence-corrected chi connectivity index (χ4v) is 2.27. The SMILES string of the molecule is CS(=O)(=O)CCC(N)C(=O)Nc1ccc(CCO)cc1. The first-order valence-corrected chi connectivity index (χ1v) is 8.32. The lowest BCUT2D eigenvalue weighted by Gasteiger charge is -2.12. The van der Waals surface area contributed by atoms with Gasteiger partial charge in [-0.15, -0.1) is 0 Å². The van der Waals surface area contributed by atoms with Crippen molar-refractivity contribution in [2.75, 3.05) is 23.9 Å². The topological polar surface area (TPSA) is 109 Å². The quantitative estimate of drug-likeness (QED) is 0.652. The number of hydrogen-bond donors (Lipinski definition) is 3. The normalized spacial score (nSPS) is 12.9. The van der Waals surface area contributed by atoms with Crippen LogP contribution in [0.3, 0.4) is 0 Å². The van der Waals surface area contributed by atoms with Crippen molar-refractivity contribution in [3.63, 3.8) is 0 Å². The highest BCUT2D eigenvalue weighted by Crippen LogP contribution is 2.10. The number of benzene rings is 1. The molecule has 0 heterocycles. The standard InChI is InChI=1S/C13H20N2O4S/c1-20(18,19)9-7-12(14)13(17)15-11-4-2-10(3-5-11)6-8-16/h2-5,12,16H,6-9,14H2,1H3,(H,15,17). The van der Waals surface area contributed by atoms with E-state index < -0.39 is 21.8 Å². The molecule has 0 fully saturated rings. The highest BCUT2D eigenvalue weighted by Gasteiger charge is 2.16. The number of sulfone groups is 1. The molecule has 1 rings (SSSR count). The number of aliphatic hydroxyl groups is 1. The molecule has 1 atom stereocenters. The molecule has 1 unspecified atom stereocenters. The molecule has 1 amide bonds. The van der Waals surface area contributed by atoms with Crippen molar-refractivity contribution >= 4 is 21.4 Å². The molecule has 112 valence electrons. The maximum atomic E-state index is 11.8. The molecule has 1 aromatic carbocycles. The summed E-state index contributed by atoms with van der Waals surface area (Å²) in [4.78, 5) is 11.8. The summed E-state index contributed by atoms with van der Waals surface area (Å²) in [6.07, 6.45) is 1.76. The molecule has 0 aliphatic rings. The van der Waals surface area contributed by atoms with Crippen LogP contribution < -0.4 is 11.1 Å². The molecule has 0 spiro atoms. The van der Waals surface area contributed by atoms with E-state index in [0.717, 1.165) is 11.8 Å². The van der Waals surface area contributed by atoms with Gasteiger partial charge in [0.15, 0.2) is 0 Å². The Morgan fingerprint density at radius 2 is 1.95 bits per heavy atom. The van der Waals surface area contributed by atoms with E-state index >= 15 is 0 Å². The fraction of sp³-hybridized carbons (Fsp3) is 0.462. The van der Waals surface area contributed by atoms with Gasteiger partial charge in [-0.1, -0.05) is 12.1 Å². The highest BCUT2D eigenvalue weighted by molar-refractivity contribution is 7.90. The van der Waals surface area contributed by atoms with Crippen LogP contribution in [0.5, 0.6) is 0 Å². The molecular weight excluding hydrogens is 280 g/mol. The van der Waals surface area contributed by atoms with Crippen LogP contribution >= 0.6 is 0 Å². The third kappa shape index (κ3) is 6.14. The first kappa shape index (κ1) is 16.6. The monoisotopic (exact) mass is 300 g/mol. The predicted molar refractivity (Wildman–Crippen MR) is 78.2 cm³/mol. The smallest absolute Gasteiger partial charge is 0.241 e. The maximum absolute atomic E-state index is 11.8. The van der Waals surface area contributed by atoms with Crippen LogP contribution in [0.15, 0.2) is 24.3 Å². The van der Waals surface area contributed by atoms with Crippen LogP contribution in [0.1, 0.15) is 12.0 Å². The van der Waals surface area contributed by atoms with Gasteiger partial charge in [0.25, 0.3) is 0 Å². The van der Waals surface area contributed by atoms with E-state index in [2.05, 4.69) is 5.32 Å². The molecule has 0 aliphatic carbocycles. The number of anilines is 1. The molecule has 0 aliphatic heterocycles. The minimum absolute atomic E-state index is 0.0715. The van der Waals surface area contributed by atoms with Crippen molar-refractivity contribution in [2.45, 2.75) is 18.9 Å². The average Bonchev–Trinajstić information content (AvgIpc) is 2.37. The third-order valence-electron chi connectivity index (χ3n) is 2.76. The Kier molecular flexibility index (Phi) is 6.12. The lowest BCUT2D eigenvalue weighted by atomic mass is 10.1. The van der Waals surface area contributed by atoms with Crippen molar-refractivity contribution in [1.82, 2.24) is 0 Å². The zero-order valence-electron chi connectivity index (χ0n) is 11.4. The Morgan fingerprint density at radius 3 is 2.45 bits per heavy atom. The van der Waals surface area contributed by atoms with E-state index in [1.165, 1.54) is 0 Å². The minimum atomic E-state index is -3.12. The van der Waals surface area contributed by atoms with E-state index in [0.29, 0.717) is 12.1 Å². The number of amides is 1. The lowest BCUT2D eigenvalue weighted by molar-refractivity contribution is -0.117. The van der Waals surface area contributed by atoms with E-state index in [1.807, 2.05) is 0 Å². The Balaban J connectivity index is 2.52. The number of nitrogens with two attached hydrogens (primary N) is 1. The lowest BCUT2D eigenvalue weighted by Crippen LogP contribution is -2.37. The largest absolute Gasteiger partial charge is 0.396 e. The Hall–Kier alpha value is -1.44. The summed E-state index contributed by atoms with van der Waals surface area (Å²) in [5, 5.41) is 11.4. The van der Waals surface area contributed by atoms with Crippen molar-refractivity contribution < 1.29 is 18.3 Å². The van der Waals surface area contributed by atoms with Crippen molar-refractivity contribution in [2.24, 2.45) is 5.73 Å². The minimum Gasteiger partial charge on any atom is -0.396 e. The molecule has 7 heteroatoms. The summed E-state index contributed by atoms with van der Waals surface area (Å²) in [5.74, 6) is -0.527. The van der Waals surface area contributed by atoms with Crippen LogP contribution in [0.2, 0.25) is 0 Å². The number of nitrogens with one attached hydrogen (secondary N) is 1. The van der Waals surface area contributed by atoms with Gasteiger partial charge in [0.2, 0.25) is 5.91 Å². The third-order valence-corrected chi connectivity index (χ3v) is 3.74. The van der Waals surface area contributed by atoms with Gasteiger partial charge in [-0.2, -0.15) is 0 Å². The summed E-state index contributed by atoms with van der Waals surface area (Å²) in [7, 11) is -3.12. The Morgan fingerprint density at radius 1 is 1.35 bits per heavy atom. The van der Waals surface area contributed by atoms with Crippen LogP contribution in [-0.4, -0.2) is 44.1 Å². The molecule has 0 saturated carbocycles. The fourth-order valence-electron chi connectivity index (χ4n) is 1.59. The second kappa shape index (κ2) is 7.37. The van der Waals surface area contributed by atoms with Crippen molar-refractivity contribution in [1.29, 1.82) is 0 Å². The summed E-state index contributed by atoms with van der Waals surface area (Å²) in [6.45, 7) is 0.0715. The maximum Gasteiger partial charge on any atom is 0.241 e. The second-order valence-electron chi connectivity index (χ2n) is 4.68. The van der Waals surface area contributed by atoms with Crippen LogP contribution in [-0.2, 0) is 21.1 Å². The predicted octanol–water partition coefficient (Wildman–Crippen LogP) is -0.0781. The Labute approximate surface area is 118 Å². The van der Waals surface area contributed by atoms with Crippen LogP contribution in [0.4, 0.5) is 5.69 Å². The van der Waals surface area contributed by atoms with Gasteiger partial charge < -0.3 is 16.2 Å². The molecule has 20 heavy (non-hydrogen) atoms. The number of hydrogen-bond acceptors (Lipinski definition) is 5. The summed E-state index contributed by atoms with van der Waals surface area (Å²) < 4.78 is 22.0. The van der Waals surface area contributed by atoms with Gasteiger partial charge in [0.1, 0.15) is 9.84 Å². The number of carbonyl (C=O) groups excluding carboxylic acids is 1. The molecule has 0 aromatic heterocycles. The Bertz CT molecular complexity index is 540. The van der Waals surface area contributed by atoms with Gasteiger partial charge in [-0.05, 0) is 30.5 Å². The van der Waals surface area contributed by atoms with Gasteiger partial charge >= 0.3 is 0 Å². The molecule has 6 nitrogen and oxygen atoms in total. The summed E-state index contributed by atoms with van der Waals surface area (Å²) in [5.41, 5.74) is 7.19. The number of aliphatic hydroxyl groups excluding tert-OH is 1. The number of rotatable bonds is 7. The van der Waals surface area contributed by atoms with E-state index in [1.54, 1.807) is 24.3 Å². The van der Waals surface area contributed by atoms with Crippen molar-refractivity contribution in [3.8, 4) is 0 Å². The number of carbonyl (C=O) groups is 1. The zero-order valence-corrected chi connectivity index (χ0v) is 12.2. The molecule has 0 saturated heterocycles.